The molecule has 0 radical (unpaired) electrons. The highest BCUT2D eigenvalue weighted by Crippen LogP contribution is 2.38. The lowest BCUT2D eigenvalue weighted by atomic mass is 9.99. The van der Waals surface area contributed by atoms with Crippen LogP contribution in [0.2, 0.25) is 0 Å². The van der Waals surface area contributed by atoms with E-state index in [1.54, 1.807) is 30.3 Å². The predicted octanol–water partition coefficient (Wildman–Crippen LogP) is 4.06. The number of amides is 2. The number of fused-ring (bicyclic) bond motifs is 2. The molecule has 2 aromatic carbocycles. The number of carbonyl (C=O) groups is 1. The number of urea groups is 1. The van der Waals surface area contributed by atoms with Crippen molar-refractivity contribution >= 4 is 21.6 Å². The van der Waals surface area contributed by atoms with Gasteiger partial charge in [-0.3, -0.25) is 0 Å². The smallest absolute Gasteiger partial charge is 0.307 e. The maximum atomic E-state index is 13.1. The third-order valence-corrected chi connectivity index (χ3v) is 6.85. The van der Waals surface area contributed by atoms with Crippen LogP contribution in [-0.4, -0.2) is 10.2 Å². The first-order chi connectivity index (χ1) is 13.1. The summed E-state index contributed by atoms with van der Waals surface area (Å²) in [6.07, 6.45) is 6.13. The molecule has 1 atom stereocenters. The van der Waals surface area contributed by atoms with Gasteiger partial charge in [-0.15, -0.1) is 4.95 Å². The number of rotatable bonds is 3. The molecule has 4 rings (SSSR count). The summed E-state index contributed by atoms with van der Waals surface area (Å²) >= 11 is 0. The first kappa shape index (κ1) is 17.6. The lowest BCUT2D eigenvalue weighted by molar-refractivity contribution is 0.256. The Bertz CT molecular complexity index is 1030. The molecule has 138 valence electrons. The van der Waals surface area contributed by atoms with Crippen LogP contribution in [0, 0.1) is 6.57 Å². The van der Waals surface area contributed by atoms with Crippen molar-refractivity contribution in [2.24, 2.45) is 4.47 Å². The van der Waals surface area contributed by atoms with E-state index in [1.807, 2.05) is 0 Å². The second-order valence-electron chi connectivity index (χ2n) is 6.81. The van der Waals surface area contributed by atoms with Crippen LogP contribution in [0.5, 0.6) is 0 Å². The number of carbonyl (C=O) groups excluding carboxylic acids is 1. The van der Waals surface area contributed by atoms with E-state index in [0.717, 1.165) is 44.2 Å². The molecule has 6 nitrogen and oxygen atoms in total. The lowest BCUT2D eigenvalue weighted by Crippen LogP contribution is -2.34. The molecule has 7 heteroatoms. The first-order valence-electron chi connectivity index (χ1n) is 9.04. The van der Waals surface area contributed by atoms with Crippen LogP contribution < -0.4 is 10.0 Å². The van der Waals surface area contributed by atoms with E-state index in [0.29, 0.717) is 4.90 Å². The Balaban J connectivity index is 1.65. The lowest BCUT2D eigenvalue weighted by Gasteiger charge is -2.17. The fourth-order valence-corrected chi connectivity index (χ4v) is 5.22. The Morgan fingerprint density at radius 3 is 2.26 bits per heavy atom. The molecule has 2 aliphatic carbocycles. The quantitative estimate of drug-likeness (QED) is 0.622. The summed E-state index contributed by atoms with van der Waals surface area (Å²) < 4.78 is 19.0. The topological polar surface area (TPSA) is 74.9 Å². The number of nitrogens with zero attached hydrogens (tertiary/aromatic N) is 2. The van der Waals surface area contributed by atoms with Gasteiger partial charge in [-0.25, -0.2) is 13.7 Å². The molecule has 0 saturated heterocycles. The molecule has 1 unspecified atom stereocenters. The molecule has 0 fully saturated rings. The summed E-state index contributed by atoms with van der Waals surface area (Å²) in [5, 5.41) is 2.93. The normalized spacial score (nSPS) is 16.6. The molecule has 27 heavy (non-hydrogen) atoms. The van der Waals surface area contributed by atoms with Gasteiger partial charge in [-0.1, -0.05) is 24.3 Å². The molecule has 0 aliphatic heterocycles. The predicted molar refractivity (Wildman–Crippen MR) is 105 cm³/mol. The largest absolute Gasteiger partial charge is 0.332 e. The van der Waals surface area contributed by atoms with Crippen molar-refractivity contribution in [3.8, 4) is 0 Å². The molecular formula is C20H20N4O2S. The van der Waals surface area contributed by atoms with E-state index in [2.05, 4.69) is 25.5 Å². The molecule has 0 heterocycles. The molecule has 0 saturated carbocycles. The van der Waals surface area contributed by atoms with Crippen molar-refractivity contribution in [3.05, 3.63) is 70.2 Å². The summed E-state index contributed by atoms with van der Waals surface area (Å²) in [6.45, 7) is 6.98. The summed E-state index contributed by atoms with van der Waals surface area (Å²) in [7, 11) is -3.36. The Kier molecular flexibility index (Phi) is 4.58. The standard InChI is InChI=1S/C20H20N4O2S/c1-21-24-27(26,16-9-3-2-4-10-16)23-20(25)22-19-17-11-5-7-14(17)13-15-8-6-12-18(15)19/h2-4,9-10,13H,5-8,11-12H2,(H2,22,23,24,25,26). The molecule has 0 spiro atoms. The number of hydrogen-bond acceptors (Lipinski definition) is 3. The molecular weight excluding hydrogens is 360 g/mol. The SMILES string of the molecule is [C-]#[N+]N=S(=O)(NC(=O)Nc1c2c(cc3c1CCC3)CCC2)c1ccccc1. The van der Waals surface area contributed by atoms with E-state index < -0.39 is 15.9 Å². The average molecular weight is 380 g/mol. The van der Waals surface area contributed by atoms with E-state index >= 15 is 0 Å². The van der Waals surface area contributed by atoms with Crippen molar-refractivity contribution in [2.45, 2.75) is 43.4 Å². The monoisotopic (exact) mass is 380 g/mol. The zero-order valence-corrected chi connectivity index (χ0v) is 15.6. The van der Waals surface area contributed by atoms with Gasteiger partial charge in [0.1, 0.15) is 0 Å². The Hall–Kier alpha value is -2.85. The van der Waals surface area contributed by atoms with Crippen LogP contribution in [0.4, 0.5) is 10.5 Å². The van der Waals surface area contributed by atoms with Crippen LogP contribution in [-0.2, 0) is 35.6 Å². The van der Waals surface area contributed by atoms with Crippen LogP contribution in [0.15, 0.2) is 45.8 Å². The second-order valence-corrected chi connectivity index (χ2v) is 8.70. The molecule has 2 aromatic rings. The fourth-order valence-electron chi connectivity index (χ4n) is 4.02. The summed E-state index contributed by atoms with van der Waals surface area (Å²) in [5.74, 6) is 0. The Morgan fingerprint density at radius 1 is 1.04 bits per heavy atom. The number of benzene rings is 2. The minimum absolute atomic E-state index is 0.305. The van der Waals surface area contributed by atoms with Crippen molar-refractivity contribution in [3.63, 3.8) is 0 Å². The van der Waals surface area contributed by atoms with Gasteiger partial charge in [0.15, 0.2) is 4.47 Å². The van der Waals surface area contributed by atoms with Gasteiger partial charge in [0.25, 0.3) is 0 Å². The summed E-state index contributed by atoms with van der Waals surface area (Å²) in [6, 6.07) is 10.1. The van der Waals surface area contributed by atoms with Crippen LogP contribution in [0.1, 0.15) is 35.1 Å². The van der Waals surface area contributed by atoms with Crippen molar-refractivity contribution in [1.29, 1.82) is 0 Å². The number of nitrogens with one attached hydrogen (secondary N) is 2. The molecule has 2 N–H and O–H groups in total. The maximum absolute atomic E-state index is 13.1. The van der Waals surface area contributed by atoms with Gasteiger partial charge in [-0.05, 0) is 72.9 Å². The van der Waals surface area contributed by atoms with Gasteiger partial charge < -0.3 is 5.32 Å². The van der Waals surface area contributed by atoms with Gasteiger partial charge in [0.05, 0.1) is 4.90 Å². The van der Waals surface area contributed by atoms with Crippen LogP contribution >= 0.6 is 0 Å². The summed E-state index contributed by atoms with van der Waals surface area (Å²) in [4.78, 5) is 15.9. The maximum Gasteiger partial charge on any atom is 0.332 e. The molecule has 0 aromatic heterocycles. The third-order valence-electron chi connectivity index (χ3n) is 5.16. The highest BCUT2D eigenvalue weighted by atomic mass is 32.2. The zero-order chi connectivity index (χ0) is 18.9. The Morgan fingerprint density at radius 2 is 1.67 bits per heavy atom. The zero-order valence-electron chi connectivity index (χ0n) is 14.8. The van der Waals surface area contributed by atoms with Crippen molar-refractivity contribution < 1.29 is 9.00 Å². The Labute approximate surface area is 159 Å². The van der Waals surface area contributed by atoms with E-state index in [-0.39, 0.29) is 0 Å². The van der Waals surface area contributed by atoms with Crippen molar-refractivity contribution in [1.82, 2.24) is 4.72 Å². The van der Waals surface area contributed by atoms with Gasteiger partial charge in [0, 0.05) is 5.69 Å². The molecule has 0 bridgehead atoms. The highest BCUT2D eigenvalue weighted by Gasteiger charge is 2.26. The van der Waals surface area contributed by atoms with Gasteiger partial charge >= 0.3 is 6.03 Å². The van der Waals surface area contributed by atoms with Gasteiger partial charge in [-0.2, -0.15) is 6.57 Å². The highest BCUT2D eigenvalue weighted by molar-refractivity contribution is 7.92. The van der Waals surface area contributed by atoms with Crippen LogP contribution in [0.3, 0.4) is 0 Å². The number of anilines is 1. The number of aryl methyl sites for hydroxylation is 2. The summed E-state index contributed by atoms with van der Waals surface area (Å²) in [5.41, 5.74) is 5.87. The van der Waals surface area contributed by atoms with Crippen molar-refractivity contribution in [2.75, 3.05) is 5.32 Å². The minimum Gasteiger partial charge on any atom is -0.307 e. The van der Waals surface area contributed by atoms with E-state index in [9.17, 15) is 9.00 Å². The van der Waals surface area contributed by atoms with E-state index in [4.69, 9.17) is 6.57 Å². The first-order valence-corrected chi connectivity index (χ1v) is 10.6. The molecule has 2 aliphatic rings. The number of hydrogen-bond donors (Lipinski definition) is 2. The average Bonchev–Trinajstić information content (AvgIpc) is 3.31. The van der Waals surface area contributed by atoms with E-state index in [1.165, 1.54) is 22.3 Å². The minimum atomic E-state index is -3.36. The fraction of sp³-hybridized carbons (Fsp3) is 0.300. The van der Waals surface area contributed by atoms with Crippen LogP contribution in [0.25, 0.3) is 4.95 Å². The van der Waals surface area contributed by atoms with Gasteiger partial charge in [0.2, 0.25) is 9.92 Å². The third kappa shape index (κ3) is 3.28. The second kappa shape index (κ2) is 7.05. The molecule has 2 amide bonds.